The van der Waals surface area contributed by atoms with Crippen molar-refractivity contribution in [2.24, 2.45) is 17.1 Å². The van der Waals surface area contributed by atoms with E-state index in [0.29, 0.717) is 0 Å². The van der Waals surface area contributed by atoms with Crippen molar-refractivity contribution in [3.8, 4) is 18.2 Å². The first kappa shape index (κ1) is 18.5. The lowest BCUT2D eigenvalue weighted by atomic mass is 9.55. The van der Waals surface area contributed by atoms with Crippen LogP contribution in [0.4, 0.5) is 0 Å². The van der Waals surface area contributed by atoms with Crippen LogP contribution < -0.4 is 5.73 Å². The molecule has 1 aromatic carbocycles. The zero-order chi connectivity index (χ0) is 20.4. The molecule has 0 saturated heterocycles. The van der Waals surface area contributed by atoms with Gasteiger partial charge < -0.3 is 5.73 Å². The van der Waals surface area contributed by atoms with Crippen molar-refractivity contribution in [3.63, 3.8) is 0 Å². The van der Waals surface area contributed by atoms with E-state index in [9.17, 15) is 15.8 Å². The molecule has 2 aliphatic carbocycles. The smallest absolute Gasteiger partial charge is 0.191 e. The number of rotatable bonds is 2. The number of nitrogens with zero attached hydrogens (tertiary/aromatic N) is 4. The maximum atomic E-state index is 10.1. The molecule has 4 rings (SSSR count). The van der Waals surface area contributed by atoms with Gasteiger partial charge in [-0.2, -0.15) is 15.8 Å². The van der Waals surface area contributed by atoms with Crippen molar-refractivity contribution in [1.82, 2.24) is 4.98 Å². The summed E-state index contributed by atoms with van der Waals surface area (Å²) in [6.45, 7) is 0. The highest BCUT2D eigenvalue weighted by molar-refractivity contribution is 5.59. The predicted octanol–water partition coefficient (Wildman–Crippen LogP) is 4.07. The predicted molar refractivity (Wildman–Crippen MR) is 107 cm³/mol. The first-order chi connectivity index (χ1) is 14.2. The maximum absolute atomic E-state index is 10.1. The third-order valence-electron chi connectivity index (χ3n) is 6.19. The van der Waals surface area contributed by atoms with Gasteiger partial charge in [0.2, 0.25) is 0 Å². The van der Waals surface area contributed by atoms with Gasteiger partial charge in [-0.25, -0.2) is 0 Å². The molecule has 29 heavy (non-hydrogen) atoms. The van der Waals surface area contributed by atoms with Crippen LogP contribution in [-0.2, 0) is 0 Å². The number of fused-ring (bicyclic) bond motifs is 1. The van der Waals surface area contributed by atoms with Crippen LogP contribution in [0.2, 0.25) is 0 Å². The van der Waals surface area contributed by atoms with Crippen LogP contribution >= 0.6 is 0 Å². The fraction of sp³-hybridized carbons (Fsp3) is 0.250. The summed E-state index contributed by atoms with van der Waals surface area (Å²) in [4.78, 5) is 4.21. The summed E-state index contributed by atoms with van der Waals surface area (Å²) in [6, 6.07) is 20.4. The summed E-state index contributed by atoms with van der Waals surface area (Å²) >= 11 is 0. The monoisotopic (exact) mass is 377 g/mol. The van der Waals surface area contributed by atoms with Crippen molar-refractivity contribution < 1.29 is 0 Å². The minimum Gasteiger partial charge on any atom is -0.399 e. The second-order valence-corrected chi connectivity index (χ2v) is 7.54. The minimum absolute atomic E-state index is 0.0551. The van der Waals surface area contributed by atoms with E-state index in [2.05, 4.69) is 41.4 Å². The Labute approximate surface area is 170 Å². The number of hydrogen-bond donors (Lipinski definition) is 1. The molecule has 1 heterocycles. The Morgan fingerprint density at radius 3 is 2.34 bits per heavy atom. The van der Waals surface area contributed by atoms with Gasteiger partial charge >= 0.3 is 0 Å². The Hall–Kier alpha value is -3.88. The quantitative estimate of drug-likeness (QED) is 0.848. The zero-order valence-electron chi connectivity index (χ0n) is 15.8. The van der Waals surface area contributed by atoms with Gasteiger partial charge in [0, 0.05) is 18.3 Å². The summed E-state index contributed by atoms with van der Waals surface area (Å²) in [5.41, 5.74) is 7.92. The summed E-state index contributed by atoms with van der Waals surface area (Å²) < 4.78 is 0. The summed E-state index contributed by atoms with van der Waals surface area (Å²) in [7, 11) is 0. The van der Waals surface area contributed by atoms with Crippen LogP contribution in [0.15, 0.2) is 77.8 Å². The van der Waals surface area contributed by atoms with E-state index >= 15 is 0 Å². The molecular formula is C24H19N5. The van der Waals surface area contributed by atoms with Crippen LogP contribution in [-0.4, -0.2) is 4.98 Å². The van der Waals surface area contributed by atoms with E-state index in [1.54, 1.807) is 18.5 Å². The lowest BCUT2D eigenvalue weighted by Crippen LogP contribution is -2.43. The number of hydrogen-bond acceptors (Lipinski definition) is 5. The Morgan fingerprint density at radius 1 is 1.00 bits per heavy atom. The molecule has 0 amide bonds. The second-order valence-electron chi connectivity index (χ2n) is 7.54. The fourth-order valence-electron chi connectivity index (χ4n) is 4.82. The third-order valence-corrected chi connectivity index (χ3v) is 6.19. The van der Waals surface area contributed by atoms with E-state index in [0.717, 1.165) is 24.0 Å². The molecular weight excluding hydrogens is 358 g/mol. The van der Waals surface area contributed by atoms with E-state index < -0.39 is 11.3 Å². The molecule has 140 valence electrons. The Kier molecular flexibility index (Phi) is 4.63. The number of nitriles is 3. The van der Waals surface area contributed by atoms with Gasteiger partial charge in [-0.15, -0.1) is 0 Å². The molecule has 5 heteroatoms. The van der Waals surface area contributed by atoms with Crippen LogP contribution in [0.5, 0.6) is 0 Å². The normalized spacial score (nSPS) is 25.0. The molecule has 0 unspecified atom stereocenters. The largest absolute Gasteiger partial charge is 0.399 e. The SMILES string of the molecule is N#CC1=C(N)C(C#N)(C#N)[C@@H](c2cccnc2)[C@H]2C[C@@H](c3ccccc3)CC=C12. The third kappa shape index (κ3) is 2.78. The summed E-state index contributed by atoms with van der Waals surface area (Å²) in [6.07, 6.45) is 6.96. The molecule has 0 spiro atoms. The highest BCUT2D eigenvalue weighted by Gasteiger charge is 2.54. The van der Waals surface area contributed by atoms with E-state index in [-0.39, 0.29) is 23.1 Å². The zero-order valence-corrected chi connectivity index (χ0v) is 15.8. The number of aromatic nitrogens is 1. The first-order valence-electron chi connectivity index (χ1n) is 9.54. The molecule has 0 bridgehead atoms. The van der Waals surface area contributed by atoms with Gasteiger partial charge in [0.1, 0.15) is 6.07 Å². The average molecular weight is 377 g/mol. The van der Waals surface area contributed by atoms with Gasteiger partial charge in [-0.3, -0.25) is 4.98 Å². The van der Waals surface area contributed by atoms with Crippen LogP contribution in [0.3, 0.4) is 0 Å². The van der Waals surface area contributed by atoms with Crippen LogP contribution in [0.25, 0.3) is 0 Å². The molecule has 0 saturated carbocycles. The molecule has 2 N–H and O–H groups in total. The first-order valence-corrected chi connectivity index (χ1v) is 9.54. The lowest BCUT2D eigenvalue weighted by molar-refractivity contribution is 0.302. The van der Waals surface area contributed by atoms with Gasteiger partial charge in [0.05, 0.1) is 23.4 Å². The lowest BCUT2D eigenvalue weighted by Gasteiger charge is -2.44. The number of nitrogens with two attached hydrogens (primary N) is 1. The molecule has 1 aromatic heterocycles. The highest BCUT2D eigenvalue weighted by atomic mass is 14.7. The van der Waals surface area contributed by atoms with Crippen molar-refractivity contribution in [2.45, 2.75) is 24.7 Å². The molecule has 0 fully saturated rings. The summed E-state index contributed by atoms with van der Waals surface area (Å²) in [5, 5.41) is 30.0. The molecule has 0 radical (unpaired) electrons. The van der Waals surface area contributed by atoms with Crippen molar-refractivity contribution in [2.75, 3.05) is 0 Å². The van der Waals surface area contributed by atoms with E-state index in [1.807, 2.05) is 24.3 Å². The fourth-order valence-corrected chi connectivity index (χ4v) is 4.82. The number of allylic oxidation sites excluding steroid dienone is 4. The van der Waals surface area contributed by atoms with Crippen LogP contribution in [0, 0.1) is 45.3 Å². The van der Waals surface area contributed by atoms with Crippen molar-refractivity contribution in [3.05, 3.63) is 88.9 Å². The van der Waals surface area contributed by atoms with Gasteiger partial charge in [0.25, 0.3) is 0 Å². The van der Waals surface area contributed by atoms with Gasteiger partial charge in [-0.1, -0.05) is 42.5 Å². The Morgan fingerprint density at radius 2 is 1.72 bits per heavy atom. The standard InChI is InChI=1S/C24H19N5/c25-12-21-19-9-8-17(16-5-2-1-3-6-16)11-20(19)22(18-7-4-10-29-13-18)24(14-26,15-27)23(21)28/h1-7,9-10,13,17,20,22H,8,11,28H2/t17-,20-,22-/m0/s1. The second kappa shape index (κ2) is 7.27. The number of benzene rings is 1. The molecule has 5 nitrogen and oxygen atoms in total. The minimum atomic E-state index is -1.60. The number of pyridine rings is 1. The molecule has 2 aromatic rings. The topological polar surface area (TPSA) is 110 Å². The molecule has 2 aliphatic rings. The maximum Gasteiger partial charge on any atom is 0.191 e. The highest BCUT2D eigenvalue weighted by Crippen LogP contribution is 2.57. The molecule has 3 atom stereocenters. The summed E-state index contributed by atoms with van der Waals surface area (Å²) in [5.74, 6) is -0.404. The van der Waals surface area contributed by atoms with Crippen molar-refractivity contribution in [1.29, 1.82) is 15.8 Å². The van der Waals surface area contributed by atoms with Crippen LogP contribution in [0.1, 0.15) is 35.8 Å². The Balaban J connectivity index is 1.93. The molecule has 0 aliphatic heterocycles. The van der Waals surface area contributed by atoms with E-state index in [1.165, 1.54) is 5.56 Å². The Bertz CT molecular complexity index is 1100. The van der Waals surface area contributed by atoms with E-state index in [4.69, 9.17) is 5.73 Å². The van der Waals surface area contributed by atoms with Gasteiger partial charge in [0.15, 0.2) is 5.41 Å². The van der Waals surface area contributed by atoms with Crippen molar-refractivity contribution >= 4 is 0 Å². The average Bonchev–Trinajstić information content (AvgIpc) is 2.79. The van der Waals surface area contributed by atoms with Gasteiger partial charge in [-0.05, 0) is 47.4 Å².